The van der Waals surface area contributed by atoms with Crippen LogP contribution < -0.4 is 0 Å². The summed E-state index contributed by atoms with van der Waals surface area (Å²) in [4.78, 5) is 12.1. The zero-order valence-corrected chi connectivity index (χ0v) is 10.8. The maximum atomic E-state index is 13.1. The van der Waals surface area contributed by atoms with E-state index in [1.165, 1.54) is 12.1 Å². The van der Waals surface area contributed by atoms with E-state index >= 15 is 0 Å². The van der Waals surface area contributed by atoms with Crippen LogP contribution in [-0.2, 0) is 13.0 Å². The molecule has 2 rings (SSSR count). The van der Waals surface area contributed by atoms with Crippen LogP contribution in [0.15, 0.2) is 24.3 Å². The average molecular weight is 264 g/mol. The number of aromatic nitrogens is 2. The minimum Gasteiger partial charge on any atom is -0.292 e. The zero-order valence-electron chi connectivity index (χ0n) is 10.8. The van der Waals surface area contributed by atoms with Crippen LogP contribution in [0.1, 0.15) is 28.7 Å². The Morgan fingerprint density at radius 1 is 1.21 bits per heavy atom. The van der Waals surface area contributed by atoms with Gasteiger partial charge in [-0.2, -0.15) is 5.10 Å². The first-order chi connectivity index (χ1) is 8.99. The molecule has 19 heavy (non-hydrogen) atoms. The molecule has 0 unspecified atom stereocenters. The van der Waals surface area contributed by atoms with E-state index in [0.717, 1.165) is 11.8 Å². The number of hydrogen-bond acceptors (Lipinski definition) is 2. The Morgan fingerprint density at radius 3 is 2.42 bits per heavy atom. The number of benzene rings is 1. The molecule has 5 heteroatoms. The SMILES string of the molecule is CCn1nc(C)cc1C(=O)Cc1cc(F)cc(F)c1. The van der Waals surface area contributed by atoms with Gasteiger partial charge >= 0.3 is 0 Å². The van der Waals surface area contributed by atoms with Crippen molar-refractivity contribution in [3.8, 4) is 0 Å². The molecule has 0 amide bonds. The number of aryl methyl sites for hydroxylation is 2. The van der Waals surface area contributed by atoms with Gasteiger partial charge in [0.1, 0.15) is 17.3 Å². The van der Waals surface area contributed by atoms with Crippen molar-refractivity contribution >= 4 is 5.78 Å². The summed E-state index contributed by atoms with van der Waals surface area (Å²) in [7, 11) is 0. The standard InChI is InChI=1S/C14H14F2N2O/c1-3-18-13(4-9(2)17-18)14(19)7-10-5-11(15)8-12(16)6-10/h4-6,8H,3,7H2,1-2H3. The third-order valence-electron chi connectivity index (χ3n) is 2.77. The van der Waals surface area contributed by atoms with Crippen molar-refractivity contribution in [1.29, 1.82) is 0 Å². The number of nitrogens with zero attached hydrogens (tertiary/aromatic N) is 2. The van der Waals surface area contributed by atoms with Crippen molar-refractivity contribution in [2.24, 2.45) is 0 Å². The second-order valence-electron chi connectivity index (χ2n) is 4.36. The Bertz CT molecular complexity index is 600. The lowest BCUT2D eigenvalue weighted by Crippen LogP contribution is -2.12. The minimum absolute atomic E-state index is 0.0419. The van der Waals surface area contributed by atoms with Crippen molar-refractivity contribution in [2.75, 3.05) is 0 Å². The quantitative estimate of drug-likeness (QED) is 0.796. The van der Waals surface area contributed by atoms with Crippen LogP contribution in [0, 0.1) is 18.6 Å². The van der Waals surface area contributed by atoms with Gasteiger partial charge in [-0.25, -0.2) is 8.78 Å². The molecule has 0 bridgehead atoms. The fourth-order valence-corrected chi connectivity index (χ4v) is 2.00. The molecular weight excluding hydrogens is 250 g/mol. The maximum Gasteiger partial charge on any atom is 0.185 e. The highest BCUT2D eigenvalue weighted by molar-refractivity contribution is 5.96. The summed E-state index contributed by atoms with van der Waals surface area (Å²) in [6.45, 7) is 4.25. The van der Waals surface area contributed by atoms with Crippen LogP contribution in [0.2, 0.25) is 0 Å². The summed E-state index contributed by atoms with van der Waals surface area (Å²) in [5, 5.41) is 4.17. The topological polar surface area (TPSA) is 34.9 Å². The van der Waals surface area contributed by atoms with Crippen molar-refractivity contribution < 1.29 is 13.6 Å². The first-order valence-corrected chi connectivity index (χ1v) is 6.02. The van der Waals surface area contributed by atoms with Crippen molar-refractivity contribution in [3.05, 3.63) is 52.9 Å². The van der Waals surface area contributed by atoms with Gasteiger partial charge < -0.3 is 0 Å². The molecule has 100 valence electrons. The molecule has 3 nitrogen and oxygen atoms in total. The maximum absolute atomic E-state index is 13.1. The summed E-state index contributed by atoms with van der Waals surface area (Å²) in [5.41, 5.74) is 1.53. The molecule has 0 spiro atoms. The van der Waals surface area contributed by atoms with E-state index < -0.39 is 11.6 Å². The molecule has 1 aromatic heterocycles. The van der Waals surface area contributed by atoms with E-state index in [9.17, 15) is 13.6 Å². The van der Waals surface area contributed by atoms with E-state index in [-0.39, 0.29) is 12.2 Å². The molecule has 0 N–H and O–H groups in total. The molecule has 0 atom stereocenters. The lowest BCUT2D eigenvalue weighted by atomic mass is 10.1. The smallest absolute Gasteiger partial charge is 0.185 e. The molecule has 0 fully saturated rings. The number of hydrogen-bond donors (Lipinski definition) is 0. The molecule has 0 saturated carbocycles. The summed E-state index contributed by atoms with van der Waals surface area (Å²) >= 11 is 0. The number of halogens is 2. The molecule has 0 saturated heterocycles. The zero-order chi connectivity index (χ0) is 14.0. The predicted molar refractivity (Wildman–Crippen MR) is 67.0 cm³/mol. The van der Waals surface area contributed by atoms with Crippen LogP contribution in [0.5, 0.6) is 0 Å². The van der Waals surface area contributed by atoms with Gasteiger partial charge in [0, 0.05) is 19.0 Å². The second kappa shape index (κ2) is 5.30. The third-order valence-corrected chi connectivity index (χ3v) is 2.77. The third kappa shape index (κ3) is 3.05. The lowest BCUT2D eigenvalue weighted by molar-refractivity contribution is 0.0982. The van der Waals surface area contributed by atoms with Gasteiger partial charge in [0.05, 0.1) is 5.69 Å². The van der Waals surface area contributed by atoms with Crippen LogP contribution in [-0.4, -0.2) is 15.6 Å². The summed E-state index contributed by atoms with van der Waals surface area (Å²) in [6, 6.07) is 4.80. The highest BCUT2D eigenvalue weighted by atomic mass is 19.1. The highest BCUT2D eigenvalue weighted by Crippen LogP contribution is 2.12. The van der Waals surface area contributed by atoms with Gasteiger partial charge in [-0.05, 0) is 37.6 Å². The average Bonchev–Trinajstić information content (AvgIpc) is 2.69. The number of carbonyl (C=O) groups is 1. The normalized spacial score (nSPS) is 10.7. The minimum atomic E-state index is -0.678. The molecular formula is C14H14F2N2O. The molecule has 0 radical (unpaired) electrons. The van der Waals surface area contributed by atoms with Gasteiger partial charge in [0.25, 0.3) is 0 Å². The van der Waals surface area contributed by atoms with Crippen molar-refractivity contribution in [1.82, 2.24) is 9.78 Å². The van der Waals surface area contributed by atoms with E-state index in [1.807, 2.05) is 6.92 Å². The fourth-order valence-electron chi connectivity index (χ4n) is 2.00. The van der Waals surface area contributed by atoms with Gasteiger partial charge in [-0.15, -0.1) is 0 Å². The molecule has 0 aliphatic rings. The summed E-state index contributed by atoms with van der Waals surface area (Å²) < 4.78 is 27.7. The van der Waals surface area contributed by atoms with E-state index in [2.05, 4.69) is 5.10 Å². The number of rotatable bonds is 4. The molecule has 2 aromatic rings. The van der Waals surface area contributed by atoms with Crippen molar-refractivity contribution in [3.63, 3.8) is 0 Å². The Labute approximate surface area is 109 Å². The van der Waals surface area contributed by atoms with Crippen LogP contribution in [0.25, 0.3) is 0 Å². The predicted octanol–water partition coefficient (Wildman–Crippen LogP) is 2.92. The highest BCUT2D eigenvalue weighted by Gasteiger charge is 2.14. The summed E-state index contributed by atoms with van der Waals surface area (Å²) in [6.07, 6.45) is -0.0419. The Kier molecular flexibility index (Phi) is 3.74. The summed E-state index contributed by atoms with van der Waals surface area (Å²) in [5.74, 6) is -1.56. The Morgan fingerprint density at radius 2 is 1.84 bits per heavy atom. The molecule has 0 aliphatic heterocycles. The van der Waals surface area contributed by atoms with Crippen LogP contribution in [0.4, 0.5) is 8.78 Å². The van der Waals surface area contributed by atoms with E-state index in [4.69, 9.17) is 0 Å². The number of carbonyl (C=O) groups excluding carboxylic acids is 1. The first kappa shape index (κ1) is 13.4. The molecule has 1 heterocycles. The number of ketones is 1. The number of Topliss-reactive ketones (excluding diaryl/α,β-unsaturated/α-hetero) is 1. The van der Waals surface area contributed by atoms with E-state index in [1.54, 1.807) is 17.7 Å². The van der Waals surface area contributed by atoms with Gasteiger partial charge in [0.2, 0.25) is 0 Å². The molecule has 0 aliphatic carbocycles. The van der Waals surface area contributed by atoms with E-state index in [0.29, 0.717) is 17.8 Å². The Balaban J connectivity index is 2.25. The van der Waals surface area contributed by atoms with Gasteiger partial charge in [-0.1, -0.05) is 0 Å². The van der Waals surface area contributed by atoms with Gasteiger partial charge in [0.15, 0.2) is 5.78 Å². The van der Waals surface area contributed by atoms with Gasteiger partial charge in [-0.3, -0.25) is 9.48 Å². The van der Waals surface area contributed by atoms with Crippen LogP contribution in [0.3, 0.4) is 0 Å². The molecule has 1 aromatic carbocycles. The Hall–Kier alpha value is -2.04. The van der Waals surface area contributed by atoms with Crippen LogP contribution >= 0.6 is 0 Å². The van der Waals surface area contributed by atoms with Crippen molar-refractivity contribution in [2.45, 2.75) is 26.8 Å². The monoisotopic (exact) mass is 264 g/mol. The first-order valence-electron chi connectivity index (χ1n) is 6.02. The largest absolute Gasteiger partial charge is 0.292 e. The lowest BCUT2D eigenvalue weighted by Gasteiger charge is -2.04. The second-order valence-corrected chi connectivity index (χ2v) is 4.36. The fraction of sp³-hybridized carbons (Fsp3) is 0.286.